The maximum absolute atomic E-state index is 12.8. The number of thiazole rings is 1. The van der Waals surface area contributed by atoms with Gasteiger partial charge in [0.25, 0.3) is 5.91 Å². The summed E-state index contributed by atoms with van der Waals surface area (Å²) in [6, 6.07) is 13.7. The summed E-state index contributed by atoms with van der Waals surface area (Å²) in [5, 5.41) is 13.5. The number of benzene rings is 2. The van der Waals surface area contributed by atoms with Gasteiger partial charge in [0.05, 0.1) is 36.1 Å². The lowest BCUT2D eigenvalue weighted by Gasteiger charge is -2.28. The molecule has 1 atom stereocenters. The molecule has 2 aliphatic rings. The summed E-state index contributed by atoms with van der Waals surface area (Å²) >= 11 is 1.58. The fourth-order valence-corrected chi connectivity index (χ4v) is 5.34. The third-order valence-electron chi connectivity index (χ3n) is 5.97. The van der Waals surface area contributed by atoms with E-state index in [0.29, 0.717) is 5.56 Å². The molecule has 1 aromatic heterocycles. The average Bonchev–Trinajstić information content (AvgIpc) is 3.46. The molecule has 3 aromatic rings. The van der Waals surface area contributed by atoms with Crippen molar-refractivity contribution in [3.63, 3.8) is 0 Å². The molecule has 1 unspecified atom stereocenters. The van der Waals surface area contributed by atoms with E-state index >= 15 is 0 Å². The van der Waals surface area contributed by atoms with Gasteiger partial charge in [-0.1, -0.05) is 11.3 Å². The molecular weight excluding hydrogens is 412 g/mol. The zero-order chi connectivity index (χ0) is 21.2. The molecule has 2 aliphatic heterocycles. The summed E-state index contributed by atoms with van der Waals surface area (Å²) in [6.45, 7) is 4.34. The first-order valence-electron chi connectivity index (χ1n) is 10.7. The van der Waals surface area contributed by atoms with Gasteiger partial charge in [0.1, 0.15) is 0 Å². The van der Waals surface area contributed by atoms with Crippen LogP contribution in [0.2, 0.25) is 0 Å². The second-order valence-corrected chi connectivity index (χ2v) is 8.96. The highest BCUT2D eigenvalue weighted by molar-refractivity contribution is 7.22. The van der Waals surface area contributed by atoms with Crippen LogP contribution in [0.3, 0.4) is 0 Å². The first-order chi connectivity index (χ1) is 15.2. The Balaban J connectivity index is 1.29. The second kappa shape index (κ2) is 8.82. The second-order valence-electron chi connectivity index (χ2n) is 7.95. The van der Waals surface area contributed by atoms with Crippen molar-refractivity contribution in [1.29, 1.82) is 0 Å². The maximum Gasteiger partial charge on any atom is 0.255 e. The number of rotatable bonds is 5. The van der Waals surface area contributed by atoms with Crippen LogP contribution in [-0.2, 0) is 4.74 Å². The highest BCUT2D eigenvalue weighted by Crippen LogP contribution is 2.33. The summed E-state index contributed by atoms with van der Waals surface area (Å²) in [6.07, 6.45) is 2.06. The lowest BCUT2D eigenvalue weighted by atomic mass is 10.2. The van der Waals surface area contributed by atoms with Crippen LogP contribution in [0, 0.1) is 0 Å². The molecule has 2 aromatic carbocycles. The Kier molecular flexibility index (Phi) is 5.76. The van der Waals surface area contributed by atoms with Gasteiger partial charge in [0, 0.05) is 36.6 Å². The van der Waals surface area contributed by atoms with E-state index in [-0.39, 0.29) is 18.6 Å². The van der Waals surface area contributed by atoms with E-state index in [9.17, 15) is 9.90 Å². The van der Waals surface area contributed by atoms with Gasteiger partial charge >= 0.3 is 0 Å². The monoisotopic (exact) mass is 438 g/mol. The molecule has 0 saturated carbocycles. The lowest BCUT2D eigenvalue weighted by Crippen LogP contribution is -2.36. The van der Waals surface area contributed by atoms with E-state index in [1.54, 1.807) is 11.3 Å². The van der Waals surface area contributed by atoms with Gasteiger partial charge in [0.2, 0.25) is 0 Å². The van der Waals surface area contributed by atoms with Gasteiger partial charge in [-0.25, -0.2) is 4.98 Å². The highest BCUT2D eigenvalue weighted by atomic mass is 32.1. The highest BCUT2D eigenvalue weighted by Gasteiger charge is 2.26. The molecule has 2 saturated heterocycles. The largest absolute Gasteiger partial charge is 0.394 e. The fourth-order valence-electron chi connectivity index (χ4n) is 4.23. The number of carbonyl (C=O) groups excluding carboxylic acids is 1. The van der Waals surface area contributed by atoms with Crippen LogP contribution >= 0.6 is 11.3 Å². The molecule has 2 N–H and O–H groups in total. The van der Waals surface area contributed by atoms with E-state index in [1.807, 2.05) is 42.5 Å². The number of aromatic nitrogens is 1. The molecule has 0 radical (unpaired) electrons. The molecule has 8 heteroatoms. The SMILES string of the molecule is O=C(Nc1ccc(N2CCOCC2)cc1)c1ccc2nc(N3CCCC3CO)sc2c1. The summed E-state index contributed by atoms with van der Waals surface area (Å²) in [7, 11) is 0. The van der Waals surface area contributed by atoms with Crippen molar-refractivity contribution in [1.82, 2.24) is 4.98 Å². The number of carbonyl (C=O) groups is 1. The molecule has 2 fully saturated rings. The van der Waals surface area contributed by atoms with E-state index in [0.717, 1.165) is 72.4 Å². The van der Waals surface area contributed by atoms with Crippen molar-refractivity contribution in [2.45, 2.75) is 18.9 Å². The summed E-state index contributed by atoms with van der Waals surface area (Å²) in [4.78, 5) is 22.0. The molecule has 0 bridgehead atoms. The minimum atomic E-state index is -0.134. The molecule has 1 amide bonds. The summed E-state index contributed by atoms with van der Waals surface area (Å²) in [5.41, 5.74) is 3.41. The topological polar surface area (TPSA) is 77.9 Å². The predicted octanol–water partition coefficient (Wildman–Crippen LogP) is 3.35. The molecule has 162 valence electrons. The van der Waals surface area contributed by atoms with Crippen molar-refractivity contribution in [3.8, 4) is 0 Å². The van der Waals surface area contributed by atoms with Crippen LogP contribution in [0.25, 0.3) is 10.2 Å². The van der Waals surface area contributed by atoms with Crippen LogP contribution in [-0.4, -0.2) is 61.5 Å². The minimum Gasteiger partial charge on any atom is -0.394 e. The first kappa shape index (κ1) is 20.2. The Morgan fingerprint density at radius 2 is 1.97 bits per heavy atom. The van der Waals surface area contributed by atoms with Gasteiger partial charge in [-0.2, -0.15) is 0 Å². The third kappa shape index (κ3) is 4.23. The van der Waals surface area contributed by atoms with Crippen molar-refractivity contribution in [3.05, 3.63) is 48.0 Å². The van der Waals surface area contributed by atoms with Gasteiger partial charge in [0.15, 0.2) is 5.13 Å². The fraction of sp³-hybridized carbons (Fsp3) is 0.391. The van der Waals surface area contributed by atoms with Gasteiger partial charge in [-0.05, 0) is 55.3 Å². The van der Waals surface area contributed by atoms with E-state index in [2.05, 4.69) is 15.1 Å². The van der Waals surface area contributed by atoms with Crippen molar-refractivity contribution in [2.24, 2.45) is 0 Å². The Hall–Kier alpha value is -2.68. The van der Waals surface area contributed by atoms with E-state index in [1.165, 1.54) is 0 Å². The Labute approximate surface area is 185 Å². The first-order valence-corrected chi connectivity index (χ1v) is 11.5. The Bertz CT molecular complexity index is 1060. The van der Waals surface area contributed by atoms with Crippen LogP contribution in [0.15, 0.2) is 42.5 Å². The van der Waals surface area contributed by atoms with Crippen molar-refractivity contribution in [2.75, 3.05) is 54.6 Å². The number of ether oxygens (including phenoxy) is 1. The van der Waals surface area contributed by atoms with E-state index < -0.39 is 0 Å². The standard InChI is InChI=1S/C23H26N4O3S/c28-15-19-2-1-9-27(19)23-25-20-8-3-16(14-21(20)31-23)22(29)24-17-4-6-18(7-5-17)26-10-12-30-13-11-26/h3-8,14,19,28H,1-2,9-13,15H2,(H,24,29). The number of fused-ring (bicyclic) bond motifs is 1. The number of hydrogen-bond donors (Lipinski definition) is 2. The maximum atomic E-state index is 12.8. The smallest absolute Gasteiger partial charge is 0.255 e. The lowest BCUT2D eigenvalue weighted by molar-refractivity contribution is 0.102. The average molecular weight is 439 g/mol. The number of hydrogen-bond acceptors (Lipinski definition) is 7. The number of aliphatic hydroxyl groups excluding tert-OH is 1. The number of anilines is 3. The number of nitrogens with one attached hydrogen (secondary N) is 1. The van der Waals surface area contributed by atoms with Gasteiger partial charge in [-0.3, -0.25) is 4.79 Å². The molecule has 31 heavy (non-hydrogen) atoms. The summed E-state index contributed by atoms with van der Waals surface area (Å²) in [5.74, 6) is -0.134. The van der Waals surface area contributed by atoms with Crippen LogP contribution in [0.1, 0.15) is 23.2 Å². The minimum absolute atomic E-state index is 0.134. The van der Waals surface area contributed by atoms with Crippen LogP contribution in [0.4, 0.5) is 16.5 Å². The zero-order valence-corrected chi connectivity index (χ0v) is 18.1. The summed E-state index contributed by atoms with van der Waals surface area (Å²) < 4.78 is 6.38. The number of amides is 1. The Morgan fingerprint density at radius 3 is 2.74 bits per heavy atom. The quantitative estimate of drug-likeness (QED) is 0.636. The molecule has 3 heterocycles. The van der Waals surface area contributed by atoms with E-state index in [4.69, 9.17) is 9.72 Å². The molecular formula is C23H26N4O3S. The van der Waals surface area contributed by atoms with Crippen molar-refractivity contribution < 1.29 is 14.6 Å². The molecule has 5 rings (SSSR count). The van der Waals surface area contributed by atoms with Crippen LogP contribution < -0.4 is 15.1 Å². The zero-order valence-electron chi connectivity index (χ0n) is 17.3. The number of nitrogens with zero attached hydrogens (tertiary/aromatic N) is 3. The number of aliphatic hydroxyl groups is 1. The Morgan fingerprint density at radius 1 is 1.16 bits per heavy atom. The third-order valence-corrected chi connectivity index (χ3v) is 7.03. The van der Waals surface area contributed by atoms with Gasteiger partial charge < -0.3 is 25.0 Å². The molecule has 0 spiro atoms. The van der Waals surface area contributed by atoms with Gasteiger partial charge in [-0.15, -0.1) is 0 Å². The number of morpholine rings is 1. The molecule has 7 nitrogen and oxygen atoms in total. The normalized spacial score (nSPS) is 19.2. The predicted molar refractivity (Wildman–Crippen MR) is 125 cm³/mol. The molecule has 0 aliphatic carbocycles. The van der Waals surface area contributed by atoms with Crippen molar-refractivity contribution >= 4 is 44.0 Å². The van der Waals surface area contributed by atoms with Crippen LogP contribution in [0.5, 0.6) is 0 Å².